The number of hydrogen-bond donors (Lipinski definition) is 1. The molecule has 1 fully saturated rings. The van der Waals surface area contributed by atoms with E-state index in [1.54, 1.807) is 0 Å². The number of esters is 1. The first-order valence-electron chi connectivity index (χ1n) is 5.99. The van der Waals surface area contributed by atoms with Crippen LogP contribution < -0.4 is 5.32 Å². The summed E-state index contributed by atoms with van der Waals surface area (Å²) in [6, 6.07) is 0. The summed E-state index contributed by atoms with van der Waals surface area (Å²) in [7, 11) is 1.93. The van der Waals surface area contributed by atoms with Gasteiger partial charge in [-0.05, 0) is 33.2 Å². The van der Waals surface area contributed by atoms with Gasteiger partial charge < -0.3 is 10.1 Å². The number of allylic oxidation sites excluding steroid dienone is 1. The predicted molar refractivity (Wildman–Crippen MR) is 64.1 cm³/mol. The molecule has 0 atom stereocenters. The Labute approximate surface area is 97.6 Å². The second kappa shape index (κ2) is 7.28. The summed E-state index contributed by atoms with van der Waals surface area (Å²) >= 11 is 0. The lowest BCUT2D eigenvalue weighted by atomic mass is 10.1. The van der Waals surface area contributed by atoms with E-state index in [2.05, 4.69) is 11.4 Å². The Balaban J connectivity index is 2.22. The van der Waals surface area contributed by atoms with Crippen LogP contribution in [0.4, 0.5) is 0 Å². The fourth-order valence-corrected chi connectivity index (χ4v) is 1.71. The van der Waals surface area contributed by atoms with Crippen LogP contribution in [0.2, 0.25) is 0 Å². The van der Waals surface area contributed by atoms with Gasteiger partial charge in [0.2, 0.25) is 0 Å². The Kier molecular flexibility index (Phi) is 5.93. The molecule has 0 saturated carbocycles. The Bertz CT molecular complexity index is 243. The first kappa shape index (κ1) is 13.0. The minimum absolute atomic E-state index is 0.153. The summed E-state index contributed by atoms with van der Waals surface area (Å²) in [4.78, 5) is 13.2. The van der Waals surface area contributed by atoms with Crippen LogP contribution in [-0.4, -0.2) is 44.2 Å². The molecule has 92 valence electrons. The van der Waals surface area contributed by atoms with E-state index in [0.717, 1.165) is 19.5 Å². The number of rotatable bonds is 5. The minimum atomic E-state index is -0.153. The maximum atomic E-state index is 11.2. The first-order valence-corrected chi connectivity index (χ1v) is 5.99. The fraction of sp³-hybridized carbons (Fsp3) is 0.750. The van der Waals surface area contributed by atoms with Crippen molar-refractivity contribution in [3.63, 3.8) is 0 Å². The molecule has 0 aromatic heterocycles. The van der Waals surface area contributed by atoms with Gasteiger partial charge in [-0.3, -0.25) is 9.69 Å². The second-order valence-electron chi connectivity index (χ2n) is 4.12. The molecular formula is C12H22N2O2. The highest BCUT2D eigenvalue weighted by molar-refractivity contribution is 5.71. The van der Waals surface area contributed by atoms with Gasteiger partial charge in [-0.25, -0.2) is 0 Å². The van der Waals surface area contributed by atoms with E-state index in [1.165, 1.54) is 18.5 Å². The molecule has 0 spiro atoms. The third-order valence-electron chi connectivity index (χ3n) is 2.58. The zero-order valence-electron chi connectivity index (χ0n) is 10.3. The van der Waals surface area contributed by atoms with Crippen LogP contribution >= 0.6 is 0 Å². The molecule has 1 saturated heterocycles. The first-order chi connectivity index (χ1) is 7.72. The van der Waals surface area contributed by atoms with Crippen LogP contribution in [0.1, 0.15) is 26.2 Å². The van der Waals surface area contributed by atoms with Crippen molar-refractivity contribution in [2.45, 2.75) is 26.2 Å². The quantitative estimate of drug-likeness (QED) is 0.714. The van der Waals surface area contributed by atoms with E-state index in [9.17, 15) is 4.79 Å². The number of carbonyl (C=O) groups is 1. The van der Waals surface area contributed by atoms with E-state index in [4.69, 9.17) is 4.74 Å². The molecule has 0 radical (unpaired) electrons. The van der Waals surface area contributed by atoms with Crippen molar-refractivity contribution in [2.75, 3.05) is 33.3 Å². The number of ether oxygens (including phenoxy) is 1. The van der Waals surface area contributed by atoms with Gasteiger partial charge in [0, 0.05) is 18.8 Å². The number of nitrogens with one attached hydrogen (secondary N) is 1. The molecule has 0 amide bonds. The molecule has 0 aliphatic carbocycles. The van der Waals surface area contributed by atoms with Crippen LogP contribution in [0, 0.1) is 0 Å². The second-order valence-corrected chi connectivity index (χ2v) is 4.12. The molecule has 4 heteroatoms. The van der Waals surface area contributed by atoms with Gasteiger partial charge in [-0.1, -0.05) is 6.08 Å². The molecule has 0 aromatic carbocycles. The molecule has 1 N–H and O–H groups in total. The maximum Gasteiger partial charge on any atom is 0.320 e. The highest BCUT2D eigenvalue weighted by Gasteiger charge is 2.07. The minimum Gasteiger partial charge on any atom is -0.465 e. The van der Waals surface area contributed by atoms with Crippen molar-refractivity contribution in [3.8, 4) is 0 Å². The monoisotopic (exact) mass is 226 g/mol. The Morgan fingerprint density at radius 3 is 3.00 bits per heavy atom. The molecule has 16 heavy (non-hydrogen) atoms. The molecule has 0 aromatic rings. The SMILES string of the molecule is CCOC(=O)CN(C)CC=C1CCCCN1. The van der Waals surface area contributed by atoms with E-state index >= 15 is 0 Å². The Morgan fingerprint density at radius 2 is 2.38 bits per heavy atom. The summed E-state index contributed by atoms with van der Waals surface area (Å²) in [6.07, 6.45) is 5.82. The van der Waals surface area contributed by atoms with Gasteiger partial charge in [0.1, 0.15) is 0 Å². The maximum absolute atomic E-state index is 11.2. The van der Waals surface area contributed by atoms with Gasteiger partial charge in [0.05, 0.1) is 13.2 Å². The zero-order valence-corrected chi connectivity index (χ0v) is 10.3. The highest BCUT2D eigenvalue weighted by atomic mass is 16.5. The highest BCUT2D eigenvalue weighted by Crippen LogP contribution is 2.09. The zero-order chi connectivity index (χ0) is 11.8. The van der Waals surface area contributed by atoms with E-state index in [-0.39, 0.29) is 5.97 Å². The van der Waals surface area contributed by atoms with Gasteiger partial charge in [-0.15, -0.1) is 0 Å². The lowest BCUT2D eigenvalue weighted by Crippen LogP contribution is -2.28. The van der Waals surface area contributed by atoms with Crippen molar-refractivity contribution < 1.29 is 9.53 Å². The van der Waals surface area contributed by atoms with Gasteiger partial charge >= 0.3 is 5.97 Å². The summed E-state index contributed by atoms with van der Waals surface area (Å²) < 4.78 is 4.89. The van der Waals surface area contributed by atoms with Crippen LogP contribution in [0.15, 0.2) is 11.8 Å². The summed E-state index contributed by atoms with van der Waals surface area (Å²) in [5, 5.41) is 3.37. The standard InChI is InChI=1S/C12H22N2O2/c1-3-16-12(15)10-14(2)9-7-11-6-4-5-8-13-11/h7,13H,3-6,8-10H2,1-2H3. The number of likely N-dealkylation sites (N-methyl/N-ethyl adjacent to an activating group) is 1. The van der Waals surface area contributed by atoms with Gasteiger partial charge in [-0.2, -0.15) is 0 Å². The topological polar surface area (TPSA) is 41.6 Å². The molecule has 1 rings (SSSR count). The van der Waals surface area contributed by atoms with E-state index in [0.29, 0.717) is 13.2 Å². The van der Waals surface area contributed by atoms with Crippen LogP contribution in [0.25, 0.3) is 0 Å². The Hall–Kier alpha value is -1.03. The lowest BCUT2D eigenvalue weighted by Gasteiger charge is -2.18. The van der Waals surface area contributed by atoms with Crippen LogP contribution in [0.3, 0.4) is 0 Å². The summed E-state index contributed by atoms with van der Waals surface area (Å²) in [5.74, 6) is -0.153. The van der Waals surface area contributed by atoms with E-state index < -0.39 is 0 Å². The van der Waals surface area contributed by atoms with Crippen molar-refractivity contribution in [1.82, 2.24) is 10.2 Å². The van der Waals surface area contributed by atoms with Crippen molar-refractivity contribution in [2.24, 2.45) is 0 Å². The number of carbonyl (C=O) groups excluding carboxylic acids is 1. The van der Waals surface area contributed by atoms with Gasteiger partial charge in [0.25, 0.3) is 0 Å². The molecular weight excluding hydrogens is 204 g/mol. The van der Waals surface area contributed by atoms with Crippen LogP contribution in [0.5, 0.6) is 0 Å². The molecule has 1 aliphatic rings. The predicted octanol–water partition coefficient (Wildman–Crippen LogP) is 1.14. The summed E-state index contributed by atoms with van der Waals surface area (Å²) in [5.41, 5.74) is 1.31. The largest absolute Gasteiger partial charge is 0.465 e. The third kappa shape index (κ3) is 5.16. The average molecular weight is 226 g/mol. The average Bonchev–Trinajstić information content (AvgIpc) is 2.28. The Morgan fingerprint density at radius 1 is 1.56 bits per heavy atom. The van der Waals surface area contributed by atoms with Crippen molar-refractivity contribution in [3.05, 3.63) is 11.8 Å². The third-order valence-corrected chi connectivity index (χ3v) is 2.58. The lowest BCUT2D eigenvalue weighted by molar-refractivity contribution is -0.143. The molecule has 1 heterocycles. The summed E-state index contributed by atoms with van der Waals surface area (Å²) in [6.45, 7) is 4.51. The fourth-order valence-electron chi connectivity index (χ4n) is 1.71. The molecule has 0 unspecified atom stereocenters. The molecule has 1 aliphatic heterocycles. The van der Waals surface area contributed by atoms with Crippen LogP contribution in [-0.2, 0) is 9.53 Å². The number of hydrogen-bond acceptors (Lipinski definition) is 4. The van der Waals surface area contributed by atoms with Crippen molar-refractivity contribution in [1.29, 1.82) is 0 Å². The van der Waals surface area contributed by atoms with E-state index in [1.807, 2.05) is 18.9 Å². The number of piperidine rings is 1. The smallest absolute Gasteiger partial charge is 0.320 e. The normalized spacial score (nSPS) is 18.6. The molecule has 0 bridgehead atoms. The number of nitrogens with zero attached hydrogens (tertiary/aromatic N) is 1. The van der Waals surface area contributed by atoms with Crippen molar-refractivity contribution >= 4 is 5.97 Å². The van der Waals surface area contributed by atoms with Gasteiger partial charge in [0.15, 0.2) is 0 Å². The molecule has 4 nitrogen and oxygen atoms in total.